The molecule has 3 aromatic rings. The Bertz CT molecular complexity index is 845. The Morgan fingerprint density at radius 1 is 0.783 bits per heavy atom. The molecule has 3 amide bonds. The molecule has 0 aliphatic heterocycles. The number of urea groups is 1. The minimum atomic E-state index is -0.545. The number of hydrogen-bond acceptors (Lipinski definition) is 3. The first-order valence-electron chi connectivity index (χ1n) is 7.05. The lowest BCUT2D eigenvalue weighted by Crippen LogP contribution is -2.36. The Morgan fingerprint density at radius 3 is 2.30 bits per heavy atom. The summed E-state index contributed by atoms with van der Waals surface area (Å²) in [7, 11) is 0. The van der Waals surface area contributed by atoms with Crippen LogP contribution in [0.1, 0.15) is 10.4 Å². The highest BCUT2D eigenvalue weighted by Crippen LogP contribution is 2.25. The smallest absolute Gasteiger partial charge is 0.277 e. The summed E-state index contributed by atoms with van der Waals surface area (Å²) in [5.41, 5.74) is 0.442. The average molecular weight is 322 g/mol. The standard InChI is InChI=1S/C18H14N2O2S/c21-17(14-8-2-1-3-9-14)19-18(22)20-23-16-12-6-10-13-7-4-5-11-15(13)16/h1-12H,(H2,19,20,21,22). The summed E-state index contributed by atoms with van der Waals surface area (Å²) in [6.45, 7) is 0. The molecule has 0 spiro atoms. The van der Waals surface area contributed by atoms with Crippen LogP contribution in [-0.4, -0.2) is 11.9 Å². The summed E-state index contributed by atoms with van der Waals surface area (Å²) in [4.78, 5) is 24.7. The number of fused-ring (bicyclic) bond motifs is 1. The lowest BCUT2D eigenvalue weighted by molar-refractivity contribution is 0.0965. The molecular weight excluding hydrogens is 308 g/mol. The monoisotopic (exact) mass is 322 g/mol. The molecular formula is C18H14N2O2S. The molecule has 0 fully saturated rings. The number of amides is 3. The van der Waals surface area contributed by atoms with E-state index in [1.165, 1.54) is 11.9 Å². The number of rotatable bonds is 3. The Labute approximate surface area is 138 Å². The van der Waals surface area contributed by atoms with Crippen LogP contribution in [0.4, 0.5) is 4.79 Å². The predicted octanol–water partition coefficient (Wildman–Crippen LogP) is 3.99. The van der Waals surface area contributed by atoms with E-state index in [-0.39, 0.29) is 0 Å². The van der Waals surface area contributed by atoms with Crippen LogP contribution in [0.5, 0.6) is 0 Å². The van der Waals surface area contributed by atoms with Gasteiger partial charge >= 0.3 is 6.03 Å². The van der Waals surface area contributed by atoms with E-state index in [1.54, 1.807) is 24.3 Å². The summed E-state index contributed by atoms with van der Waals surface area (Å²) in [6.07, 6.45) is 0. The van der Waals surface area contributed by atoms with E-state index in [1.807, 2.05) is 48.5 Å². The number of carbonyl (C=O) groups excluding carboxylic acids is 2. The van der Waals surface area contributed by atoms with Crippen LogP contribution in [0.3, 0.4) is 0 Å². The fourth-order valence-electron chi connectivity index (χ4n) is 2.18. The van der Waals surface area contributed by atoms with Gasteiger partial charge in [-0.15, -0.1) is 0 Å². The van der Waals surface area contributed by atoms with Crippen LogP contribution in [0, 0.1) is 0 Å². The van der Waals surface area contributed by atoms with Gasteiger partial charge in [0.25, 0.3) is 5.91 Å². The van der Waals surface area contributed by atoms with E-state index in [4.69, 9.17) is 0 Å². The molecule has 0 heterocycles. The molecule has 4 nitrogen and oxygen atoms in total. The van der Waals surface area contributed by atoms with Gasteiger partial charge in [0.05, 0.1) is 0 Å². The van der Waals surface area contributed by atoms with E-state index in [0.29, 0.717) is 5.56 Å². The number of carbonyl (C=O) groups is 2. The first kappa shape index (κ1) is 15.1. The van der Waals surface area contributed by atoms with E-state index >= 15 is 0 Å². The van der Waals surface area contributed by atoms with Crippen LogP contribution in [0.2, 0.25) is 0 Å². The third-order valence-electron chi connectivity index (χ3n) is 3.27. The van der Waals surface area contributed by atoms with Gasteiger partial charge in [-0.1, -0.05) is 54.6 Å². The molecule has 0 aliphatic rings. The third kappa shape index (κ3) is 3.70. The van der Waals surface area contributed by atoms with Crippen LogP contribution in [-0.2, 0) is 0 Å². The fraction of sp³-hybridized carbons (Fsp3) is 0. The van der Waals surface area contributed by atoms with Crippen molar-refractivity contribution >= 4 is 34.7 Å². The van der Waals surface area contributed by atoms with Crippen molar-refractivity contribution in [3.63, 3.8) is 0 Å². The van der Waals surface area contributed by atoms with E-state index < -0.39 is 11.9 Å². The third-order valence-corrected chi connectivity index (χ3v) is 4.13. The SMILES string of the molecule is O=C(NSc1cccc2ccccc12)NC(=O)c1ccccc1. The van der Waals surface area contributed by atoms with E-state index in [2.05, 4.69) is 10.0 Å². The fourth-order valence-corrected chi connectivity index (χ4v) is 2.87. The largest absolute Gasteiger partial charge is 0.331 e. The lowest BCUT2D eigenvalue weighted by atomic mass is 10.1. The van der Waals surface area contributed by atoms with Gasteiger partial charge in [-0.25, -0.2) is 4.79 Å². The number of hydrogen-bond donors (Lipinski definition) is 2. The molecule has 3 aromatic carbocycles. The summed E-state index contributed by atoms with van der Waals surface area (Å²) in [6, 6.07) is 21.9. The normalized spacial score (nSPS) is 10.3. The van der Waals surface area contributed by atoms with Gasteiger partial charge in [-0.3, -0.25) is 14.8 Å². The highest BCUT2D eigenvalue weighted by molar-refractivity contribution is 7.98. The lowest BCUT2D eigenvalue weighted by Gasteiger charge is -2.08. The number of nitrogens with one attached hydrogen (secondary N) is 2. The first-order valence-corrected chi connectivity index (χ1v) is 7.87. The van der Waals surface area contributed by atoms with Gasteiger partial charge < -0.3 is 0 Å². The highest BCUT2D eigenvalue weighted by Gasteiger charge is 2.10. The molecule has 2 N–H and O–H groups in total. The first-order chi connectivity index (χ1) is 11.2. The van der Waals surface area contributed by atoms with Crippen molar-refractivity contribution in [2.75, 3.05) is 0 Å². The van der Waals surface area contributed by atoms with Crippen molar-refractivity contribution in [2.24, 2.45) is 0 Å². The zero-order valence-corrected chi connectivity index (χ0v) is 13.0. The molecule has 0 unspecified atom stereocenters. The second-order valence-electron chi connectivity index (χ2n) is 4.83. The van der Waals surface area contributed by atoms with Crippen LogP contribution < -0.4 is 10.0 Å². The summed E-state index contributed by atoms with van der Waals surface area (Å²) >= 11 is 1.18. The van der Waals surface area contributed by atoms with Crippen molar-refractivity contribution in [3.05, 3.63) is 78.4 Å². The van der Waals surface area contributed by atoms with Crippen LogP contribution in [0.25, 0.3) is 10.8 Å². The molecule has 0 aromatic heterocycles. The van der Waals surface area contributed by atoms with Crippen LogP contribution in [0.15, 0.2) is 77.7 Å². The predicted molar refractivity (Wildman–Crippen MR) is 92.2 cm³/mol. The molecule has 0 saturated carbocycles. The van der Waals surface area contributed by atoms with E-state index in [9.17, 15) is 9.59 Å². The van der Waals surface area contributed by atoms with Crippen molar-refractivity contribution in [2.45, 2.75) is 4.90 Å². The molecule has 5 heteroatoms. The minimum absolute atomic E-state index is 0.429. The van der Waals surface area contributed by atoms with Crippen LogP contribution >= 0.6 is 11.9 Å². The molecule has 0 bridgehead atoms. The number of imide groups is 1. The van der Waals surface area contributed by atoms with Gasteiger partial charge in [-0.05, 0) is 40.9 Å². The Morgan fingerprint density at radius 2 is 1.48 bits per heavy atom. The second-order valence-corrected chi connectivity index (χ2v) is 5.68. The van der Waals surface area contributed by atoms with Gasteiger partial charge in [0.15, 0.2) is 0 Å². The Kier molecular flexibility index (Phi) is 4.59. The van der Waals surface area contributed by atoms with Gasteiger partial charge in [0, 0.05) is 10.5 Å². The molecule has 0 atom stereocenters. The zero-order valence-electron chi connectivity index (χ0n) is 12.2. The minimum Gasteiger partial charge on any atom is -0.277 e. The second kappa shape index (κ2) is 6.98. The van der Waals surface area contributed by atoms with Gasteiger partial charge in [0.1, 0.15) is 0 Å². The molecule has 0 aliphatic carbocycles. The molecule has 3 rings (SSSR count). The summed E-state index contributed by atoms with van der Waals surface area (Å²) < 4.78 is 2.64. The molecule has 0 radical (unpaired) electrons. The van der Waals surface area contributed by atoms with Crippen molar-refractivity contribution in [3.8, 4) is 0 Å². The average Bonchev–Trinajstić information content (AvgIpc) is 2.60. The van der Waals surface area contributed by atoms with Crippen molar-refractivity contribution < 1.29 is 9.59 Å². The molecule has 114 valence electrons. The maximum absolute atomic E-state index is 11.9. The summed E-state index contributed by atoms with van der Waals surface area (Å²) in [5, 5.41) is 4.45. The summed E-state index contributed by atoms with van der Waals surface area (Å²) in [5.74, 6) is -0.429. The topological polar surface area (TPSA) is 58.2 Å². The Hall–Kier alpha value is -2.79. The molecule has 0 saturated heterocycles. The van der Waals surface area contributed by atoms with Crippen molar-refractivity contribution in [1.82, 2.24) is 10.0 Å². The molecule has 23 heavy (non-hydrogen) atoms. The van der Waals surface area contributed by atoms with Crippen molar-refractivity contribution in [1.29, 1.82) is 0 Å². The van der Waals surface area contributed by atoms with E-state index in [0.717, 1.165) is 15.7 Å². The highest BCUT2D eigenvalue weighted by atomic mass is 32.2. The zero-order chi connectivity index (χ0) is 16.1. The van der Waals surface area contributed by atoms with Gasteiger partial charge in [0.2, 0.25) is 0 Å². The quantitative estimate of drug-likeness (QED) is 0.717. The number of benzene rings is 3. The maximum Gasteiger partial charge on any atom is 0.331 e. The maximum atomic E-state index is 11.9. The van der Waals surface area contributed by atoms with Gasteiger partial charge in [-0.2, -0.15) is 0 Å². The Balaban J connectivity index is 1.64.